The molecular weight excluding hydrogens is 373 g/mol. The van der Waals surface area contributed by atoms with E-state index in [2.05, 4.69) is 25.4 Å². The van der Waals surface area contributed by atoms with Crippen molar-refractivity contribution in [2.45, 2.75) is 39.0 Å². The molecule has 3 aromatic rings. The van der Waals surface area contributed by atoms with E-state index in [-0.39, 0.29) is 30.5 Å². The molecule has 2 N–H and O–H groups in total. The molecule has 0 aliphatic rings. The second-order valence-electron chi connectivity index (χ2n) is 6.35. The number of anilines is 1. The highest BCUT2D eigenvalue weighted by Gasteiger charge is 2.34. The van der Waals surface area contributed by atoms with Gasteiger partial charge in [0.05, 0.1) is 17.4 Å². The Morgan fingerprint density at radius 2 is 2.07 bits per heavy atom. The average Bonchev–Trinajstić information content (AvgIpc) is 3.01. The van der Waals surface area contributed by atoms with Crippen LogP contribution in [0.15, 0.2) is 41.3 Å². The highest BCUT2D eigenvalue weighted by Crippen LogP contribution is 2.28. The topological polar surface area (TPSA) is 88.5 Å². The summed E-state index contributed by atoms with van der Waals surface area (Å²) in [6, 6.07) is 7.63. The Morgan fingerprint density at radius 3 is 2.71 bits per heavy atom. The summed E-state index contributed by atoms with van der Waals surface area (Å²) in [6.45, 7) is 3.60. The van der Waals surface area contributed by atoms with Gasteiger partial charge < -0.3 is 5.32 Å². The second kappa shape index (κ2) is 7.83. The van der Waals surface area contributed by atoms with Crippen LogP contribution in [-0.4, -0.2) is 24.7 Å². The molecule has 3 heterocycles. The Kier molecular flexibility index (Phi) is 5.48. The highest BCUT2D eigenvalue weighted by molar-refractivity contribution is 5.29. The third-order valence-electron chi connectivity index (χ3n) is 4.13. The van der Waals surface area contributed by atoms with Crippen LogP contribution in [0.1, 0.15) is 35.7 Å². The van der Waals surface area contributed by atoms with Gasteiger partial charge in [0.15, 0.2) is 5.69 Å². The Labute approximate surface area is 158 Å². The molecule has 1 unspecified atom stereocenters. The predicted molar refractivity (Wildman–Crippen MR) is 96.8 cm³/mol. The van der Waals surface area contributed by atoms with Crippen LogP contribution in [0.2, 0.25) is 0 Å². The highest BCUT2D eigenvalue weighted by atomic mass is 19.4. The molecule has 0 bridgehead atoms. The number of halogens is 3. The minimum atomic E-state index is -4.49. The number of hydrogen-bond acceptors (Lipinski definition) is 5. The van der Waals surface area contributed by atoms with Crippen molar-refractivity contribution in [3.63, 3.8) is 0 Å². The Balaban J connectivity index is 1.72. The molecule has 0 aromatic carbocycles. The molecule has 3 rings (SSSR count). The number of nitrogens with zero attached hydrogens (tertiary/aromatic N) is 4. The number of aromatic amines is 1. The van der Waals surface area contributed by atoms with E-state index in [1.807, 2.05) is 19.1 Å². The lowest BCUT2D eigenvalue weighted by atomic mass is 10.2. The summed E-state index contributed by atoms with van der Waals surface area (Å²) in [5.41, 5.74) is 0.328. The van der Waals surface area contributed by atoms with Crippen LogP contribution in [-0.2, 0) is 19.1 Å². The third kappa shape index (κ3) is 4.76. The van der Waals surface area contributed by atoms with Crippen molar-refractivity contribution in [2.24, 2.45) is 0 Å². The Morgan fingerprint density at radius 1 is 1.29 bits per heavy atom. The van der Waals surface area contributed by atoms with E-state index in [0.717, 1.165) is 11.8 Å². The standard InChI is InChI=1S/C18H19F3N6O/c1-11-9-15(18(19,20)21)26-27(11)8-6-13-10-16(28)25-17(24-13)23-12(2)14-5-3-4-7-22-14/h3-5,7,9-10,12H,6,8H2,1-2H3,(H2,23,24,25,28). The van der Waals surface area contributed by atoms with Crippen molar-refractivity contribution in [1.82, 2.24) is 24.7 Å². The van der Waals surface area contributed by atoms with Crippen LogP contribution in [0.25, 0.3) is 0 Å². The lowest BCUT2D eigenvalue weighted by Gasteiger charge is -2.14. The van der Waals surface area contributed by atoms with Gasteiger partial charge in [0, 0.05) is 30.9 Å². The van der Waals surface area contributed by atoms with Gasteiger partial charge in [0.2, 0.25) is 5.95 Å². The number of nitrogens with one attached hydrogen (secondary N) is 2. The van der Waals surface area contributed by atoms with Crippen LogP contribution in [0.5, 0.6) is 0 Å². The van der Waals surface area contributed by atoms with Crippen molar-refractivity contribution in [1.29, 1.82) is 0 Å². The predicted octanol–water partition coefficient (Wildman–Crippen LogP) is 3.10. The molecule has 0 fully saturated rings. The van der Waals surface area contributed by atoms with E-state index in [0.29, 0.717) is 11.4 Å². The number of rotatable bonds is 6. The average molecular weight is 392 g/mol. The van der Waals surface area contributed by atoms with Gasteiger partial charge in [-0.1, -0.05) is 6.07 Å². The fourth-order valence-corrected chi connectivity index (χ4v) is 2.71. The second-order valence-corrected chi connectivity index (χ2v) is 6.35. The number of aryl methyl sites for hydroxylation is 3. The Bertz CT molecular complexity index is 997. The lowest BCUT2D eigenvalue weighted by Crippen LogP contribution is -2.18. The molecule has 0 aliphatic carbocycles. The molecule has 10 heteroatoms. The molecular formula is C18H19F3N6O. The summed E-state index contributed by atoms with van der Waals surface area (Å²) in [7, 11) is 0. The molecule has 0 saturated carbocycles. The maximum absolute atomic E-state index is 12.8. The van der Waals surface area contributed by atoms with Crippen LogP contribution in [0.3, 0.4) is 0 Å². The van der Waals surface area contributed by atoms with E-state index < -0.39 is 11.9 Å². The lowest BCUT2D eigenvalue weighted by molar-refractivity contribution is -0.141. The zero-order valence-electron chi connectivity index (χ0n) is 15.3. The SMILES string of the molecule is Cc1cc(C(F)(F)F)nn1CCc1cc(=O)[nH]c(NC(C)c2ccccn2)n1. The van der Waals surface area contributed by atoms with Crippen LogP contribution < -0.4 is 10.9 Å². The number of aromatic nitrogens is 5. The first-order valence-electron chi connectivity index (χ1n) is 8.62. The first-order chi connectivity index (χ1) is 13.2. The maximum atomic E-state index is 12.8. The van der Waals surface area contributed by atoms with Crippen molar-refractivity contribution in [3.8, 4) is 0 Å². The van der Waals surface area contributed by atoms with Gasteiger partial charge in [-0.25, -0.2) is 4.98 Å². The van der Waals surface area contributed by atoms with Gasteiger partial charge >= 0.3 is 6.18 Å². The zero-order valence-corrected chi connectivity index (χ0v) is 15.3. The maximum Gasteiger partial charge on any atom is 0.435 e. The van der Waals surface area contributed by atoms with Gasteiger partial charge in [-0.2, -0.15) is 18.3 Å². The first kappa shape index (κ1) is 19.6. The number of hydrogen-bond donors (Lipinski definition) is 2. The van der Waals surface area contributed by atoms with E-state index in [1.54, 1.807) is 19.2 Å². The van der Waals surface area contributed by atoms with Crippen molar-refractivity contribution in [3.05, 3.63) is 69.7 Å². The first-order valence-corrected chi connectivity index (χ1v) is 8.62. The molecule has 7 nitrogen and oxygen atoms in total. The van der Waals surface area contributed by atoms with Gasteiger partial charge in [0.25, 0.3) is 5.56 Å². The number of pyridine rings is 1. The van der Waals surface area contributed by atoms with Crippen LogP contribution in [0.4, 0.5) is 19.1 Å². The molecule has 3 aromatic heterocycles. The molecule has 0 aliphatic heterocycles. The van der Waals surface area contributed by atoms with Gasteiger partial charge in [-0.3, -0.25) is 19.4 Å². The van der Waals surface area contributed by atoms with E-state index >= 15 is 0 Å². The van der Waals surface area contributed by atoms with Gasteiger partial charge in [0.1, 0.15) is 0 Å². The molecule has 0 saturated heterocycles. The molecule has 0 radical (unpaired) electrons. The summed E-state index contributed by atoms with van der Waals surface area (Å²) < 4.78 is 39.6. The van der Waals surface area contributed by atoms with Crippen molar-refractivity contribution >= 4 is 5.95 Å². The number of H-pyrrole nitrogens is 1. The van der Waals surface area contributed by atoms with Crippen molar-refractivity contribution < 1.29 is 13.2 Å². The molecule has 0 spiro atoms. The largest absolute Gasteiger partial charge is 0.435 e. The summed E-state index contributed by atoms with van der Waals surface area (Å²) in [5.74, 6) is 0.272. The van der Waals surface area contributed by atoms with Crippen LogP contribution in [0, 0.1) is 6.92 Å². The van der Waals surface area contributed by atoms with E-state index in [1.165, 1.54) is 10.7 Å². The van der Waals surface area contributed by atoms with Gasteiger partial charge in [-0.05, 0) is 32.0 Å². The normalized spacial score (nSPS) is 12.8. The fraction of sp³-hybridized carbons (Fsp3) is 0.333. The minimum absolute atomic E-state index is 0.174. The quantitative estimate of drug-likeness (QED) is 0.673. The van der Waals surface area contributed by atoms with E-state index in [4.69, 9.17) is 0 Å². The van der Waals surface area contributed by atoms with Gasteiger partial charge in [-0.15, -0.1) is 0 Å². The Hall–Kier alpha value is -3.17. The van der Waals surface area contributed by atoms with Crippen LogP contribution >= 0.6 is 0 Å². The fourth-order valence-electron chi connectivity index (χ4n) is 2.71. The number of alkyl halides is 3. The van der Waals surface area contributed by atoms with E-state index in [9.17, 15) is 18.0 Å². The van der Waals surface area contributed by atoms with Crippen molar-refractivity contribution in [2.75, 3.05) is 5.32 Å². The molecule has 1 atom stereocenters. The molecule has 148 valence electrons. The zero-order chi connectivity index (χ0) is 20.3. The summed E-state index contributed by atoms with van der Waals surface area (Å²) >= 11 is 0. The molecule has 28 heavy (non-hydrogen) atoms. The summed E-state index contributed by atoms with van der Waals surface area (Å²) in [4.78, 5) is 23.1. The molecule has 0 amide bonds. The smallest absolute Gasteiger partial charge is 0.348 e. The monoisotopic (exact) mass is 392 g/mol. The summed E-state index contributed by atoms with van der Waals surface area (Å²) in [5, 5.41) is 6.66. The summed E-state index contributed by atoms with van der Waals surface area (Å²) in [6.07, 6.45) is -2.56. The third-order valence-corrected chi connectivity index (χ3v) is 4.13. The minimum Gasteiger partial charge on any atom is -0.348 e.